The summed E-state index contributed by atoms with van der Waals surface area (Å²) in [5.74, 6) is 0. The third-order valence-electron chi connectivity index (χ3n) is 8.01. The maximum Gasteiger partial charge on any atom is 0.331 e. The molecular weight excluding hydrogens is 439 g/mol. The van der Waals surface area contributed by atoms with Gasteiger partial charge in [-0.1, -0.05) is 142 Å². The SMILES string of the molecule is CCCCCCCCCCCCCCCCCCP(=O)(OC1CCCCC1)OC1CCCCC1. The van der Waals surface area contributed by atoms with Crippen molar-refractivity contribution in [1.82, 2.24) is 0 Å². The van der Waals surface area contributed by atoms with E-state index in [1.807, 2.05) is 0 Å². The Kier molecular flexibility index (Phi) is 18.1. The van der Waals surface area contributed by atoms with Crippen LogP contribution in [0.3, 0.4) is 0 Å². The van der Waals surface area contributed by atoms with Crippen LogP contribution in [0.15, 0.2) is 0 Å². The summed E-state index contributed by atoms with van der Waals surface area (Å²) in [7, 11) is -2.94. The number of rotatable bonds is 21. The summed E-state index contributed by atoms with van der Waals surface area (Å²) in [5.41, 5.74) is 0. The van der Waals surface area contributed by atoms with E-state index in [0.29, 0.717) is 6.16 Å². The van der Waals surface area contributed by atoms with Gasteiger partial charge in [0.05, 0.1) is 18.4 Å². The molecule has 4 heteroatoms. The largest absolute Gasteiger partial charge is 0.331 e. The molecule has 0 amide bonds. The molecule has 0 saturated heterocycles. The molecule has 3 nitrogen and oxygen atoms in total. The first kappa shape index (κ1) is 30.4. The second-order valence-corrected chi connectivity index (χ2v) is 13.5. The van der Waals surface area contributed by atoms with Crippen LogP contribution < -0.4 is 0 Å². The highest BCUT2D eigenvalue weighted by molar-refractivity contribution is 7.53. The second kappa shape index (κ2) is 20.2. The molecular formula is C30H59O3P. The Morgan fingerprint density at radius 2 is 0.824 bits per heavy atom. The third kappa shape index (κ3) is 15.3. The van der Waals surface area contributed by atoms with E-state index in [1.165, 1.54) is 135 Å². The second-order valence-electron chi connectivity index (χ2n) is 11.4. The van der Waals surface area contributed by atoms with Crippen molar-refractivity contribution in [2.24, 2.45) is 0 Å². The lowest BCUT2D eigenvalue weighted by Gasteiger charge is -2.31. The lowest BCUT2D eigenvalue weighted by Crippen LogP contribution is -2.21. The fraction of sp³-hybridized carbons (Fsp3) is 1.00. The van der Waals surface area contributed by atoms with Crippen LogP contribution in [-0.4, -0.2) is 18.4 Å². The summed E-state index contributed by atoms with van der Waals surface area (Å²) in [5, 5.41) is 0. The van der Waals surface area contributed by atoms with Gasteiger partial charge in [0.2, 0.25) is 0 Å². The van der Waals surface area contributed by atoms with Crippen LogP contribution in [0.1, 0.15) is 174 Å². The van der Waals surface area contributed by atoms with Gasteiger partial charge in [0, 0.05) is 0 Å². The average molecular weight is 499 g/mol. The van der Waals surface area contributed by atoms with Crippen molar-refractivity contribution in [3.05, 3.63) is 0 Å². The quantitative estimate of drug-likeness (QED) is 0.117. The van der Waals surface area contributed by atoms with Crippen LogP contribution in [0.5, 0.6) is 0 Å². The molecule has 0 aromatic carbocycles. The highest BCUT2D eigenvalue weighted by atomic mass is 31.2. The third-order valence-corrected chi connectivity index (χ3v) is 10.1. The molecule has 2 fully saturated rings. The fourth-order valence-electron chi connectivity index (χ4n) is 5.78. The maximum atomic E-state index is 13.7. The number of hydrogen-bond acceptors (Lipinski definition) is 3. The van der Waals surface area contributed by atoms with Gasteiger partial charge < -0.3 is 9.05 Å². The molecule has 0 spiro atoms. The highest BCUT2D eigenvalue weighted by Crippen LogP contribution is 2.54. The van der Waals surface area contributed by atoms with Gasteiger partial charge in [0.1, 0.15) is 0 Å². The highest BCUT2D eigenvalue weighted by Gasteiger charge is 2.32. The van der Waals surface area contributed by atoms with Crippen molar-refractivity contribution in [3.8, 4) is 0 Å². The lowest BCUT2D eigenvalue weighted by atomic mass is 9.98. The lowest BCUT2D eigenvalue weighted by molar-refractivity contribution is 0.0788. The van der Waals surface area contributed by atoms with E-state index in [1.54, 1.807) is 0 Å². The zero-order chi connectivity index (χ0) is 24.2. The van der Waals surface area contributed by atoms with Gasteiger partial charge in [-0.3, -0.25) is 4.57 Å². The smallest absolute Gasteiger partial charge is 0.305 e. The number of hydrogen-bond donors (Lipinski definition) is 0. The maximum absolute atomic E-state index is 13.7. The van der Waals surface area contributed by atoms with Crippen molar-refractivity contribution in [2.45, 2.75) is 186 Å². The van der Waals surface area contributed by atoms with Gasteiger partial charge in [0.15, 0.2) is 0 Å². The predicted molar refractivity (Wildman–Crippen MR) is 148 cm³/mol. The van der Waals surface area contributed by atoms with Gasteiger partial charge >= 0.3 is 7.60 Å². The molecule has 0 aromatic rings. The summed E-state index contributed by atoms with van der Waals surface area (Å²) in [6.45, 7) is 2.29. The molecule has 0 radical (unpaired) electrons. The van der Waals surface area contributed by atoms with Crippen molar-refractivity contribution in [2.75, 3.05) is 6.16 Å². The van der Waals surface area contributed by atoms with E-state index < -0.39 is 7.60 Å². The summed E-state index contributed by atoms with van der Waals surface area (Å²) in [6, 6.07) is 0. The minimum atomic E-state index is -2.94. The van der Waals surface area contributed by atoms with Crippen molar-refractivity contribution >= 4 is 7.60 Å². The zero-order valence-corrected chi connectivity index (χ0v) is 23.8. The first-order chi connectivity index (χ1) is 16.7. The van der Waals surface area contributed by atoms with Gasteiger partial charge in [-0.25, -0.2) is 0 Å². The zero-order valence-electron chi connectivity index (χ0n) is 22.9. The van der Waals surface area contributed by atoms with Crippen molar-refractivity contribution < 1.29 is 13.6 Å². The van der Waals surface area contributed by atoms with Crippen molar-refractivity contribution in [3.63, 3.8) is 0 Å². The van der Waals surface area contributed by atoms with Gasteiger partial charge in [-0.2, -0.15) is 0 Å². The molecule has 2 rings (SSSR count). The molecule has 2 aliphatic rings. The van der Waals surface area contributed by atoms with Crippen LogP contribution in [0.25, 0.3) is 0 Å². The predicted octanol–water partition coefficient (Wildman–Crippen LogP) is 11.1. The van der Waals surface area contributed by atoms with Crippen LogP contribution in [-0.2, 0) is 13.6 Å². The molecule has 2 saturated carbocycles. The molecule has 0 unspecified atom stereocenters. The van der Waals surface area contributed by atoms with E-state index in [9.17, 15) is 4.57 Å². The molecule has 0 atom stereocenters. The molecule has 202 valence electrons. The Balaban J connectivity index is 1.48. The first-order valence-electron chi connectivity index (χ1n) is 15.7. The molecule has 0 bridgehead atoms. The molecule has 0 aliphatic heterocycles. The Morgan fingerprint density at radius 1 is 0.500 bits per heavy atom. The summed E-state index contributed by atoms with van der Waals surface area (Å²) in [6.07, 6.45) is 34.5. The van der Waals surface area contributed by atoms with E-state index >= 15 is 0 Å². The van der Waals surface area contributed by atoms with E-state index in [4.69, 9.17) is 9.05 Å². The molecule has 0 heterocycles. The standard InChI is InChI=1S/C30H59O3P/c1-2-3-4-5-6-7-8-9-10-11-12-13-14-15-16-23-28-34(31,32-29-24-19-17-20-25-29)33-30-26-21-18-22-27-30/h29-30H,2-28H2,1H3. The Morgan fingerprint density at radius 3 is 1.18 bits per heavy atom. The normalized spacial score (nSPS) is 18.5. The van der Waals surface area contributed by atoms with Crippen LogP contribution >= 0.6 is 7.60 Å². The monoisotopic (exact) mass is 498 g/mol. The van der Waals surface area contributed by atoms with Crippen LogP contribution in [0.2, 0.25) is 0 Å². The minimum Gasteiger partial charge on any atom is -0.305 e. The Hall–Kier alpha value is 0.150. The molecule has 2 aliphatic carbocycles. The van der Waals surface area contributed by atoms with Gasteiger partial charge in [-0.15, -0.1) is 0 Å². The molecule has 0 aromatic heterocycles. The fourth-order valence-corrected chi connectivity index (χ4v) is 7.98. The average Bonchev–Trinajstić information content (AvgIpc) is 2.85. The number of unbranched alkanes of at least 4 members (excludes halogenated alkanes) is 15. The van der Waals surface area contributed by atoms with Crippen molar-refractivity contribution in [1.29, 1.82) is 0 Å². The van der Waals surface area contributed by atoms with E-state index in [0.717, 1.165) is 32.1 Å². The molecule has 0 N–H and O–H groups in total. The molecule has 34 heavy (non-hydrogen) atoms. The topological polar surface area (TPSA) is 35.5 Å². The Bertz CT molecular complexity index is 473. The van der Waals surface area contributed by atoms with E-state index in [-0.39, 0.29) is 12.2 Å². The Labute approximate surface area is 213 Å². The summed E-state index contributed by atoms with van der Waals surface area (Å²) < 4.78 is 26.1. The minimum absolute atomic E-state index is 0.171. The van der Waals surface area contributed by atoms with Crippen LogP contribution in [0, 0.1) is 0 Å². The summed E-state index contributed by atoms with van der Waals surface area (Å²) >= 11 is 0. The first-order valence-corrected chi connectivity index (χ1v) is 17.4. The van der Waals surface area contributed by atoms with Gasteiger partial charge in [0.25, 0.3) is 0 Å². The summed E-state index contributed by atoms with van der Waals surface area (Å²) in [4.78, 5) is 0. The van der Waals surface area contributed by atoms with Gasteiger partial charge in [-0.05, 0) is 32.1 Å². The van der Waals surface area contributed by atoms with E-state index in [2.05, 4.69) is 6.92 Å². The van der Waals surface area contributed by atoms with Crippen LogP contribution in [0.4, 0.5) is 0 Å².